The highest BCUT2D eigenvalue weighted by molar-refractivity contribution is 7.92. The Hall–Kier alpha value is -2.64. The normalized spacial score (nSPS) is 13.5. The molecule has 0 radical (unpaired) electrons. The first-order chi connectivity index (χ1) is 14.5. The number of rotatable bonds is 7. The number of nitrogens with one attached hydrogen (secondary N) is 2. The van der Waals surface area contributed by atoms with Crippen LogP contribution in [0.1, 0.15) is 29.7 Å². The number of hydrogen-bond acceptors (Lipinski definition) is 5. The maximum absolute atomic E-state index is 12.9. The van der Waals surface area contributed by atoms with Crippen molar-refractivity contribution >= 4 is 33.4 Å². The van der Waals surface area contributed by atoms with Crippen molar-refractivity contribution in [2.24, 2.45) is 0 Å². The minimum Gasteiger partial charge on any atom is -0.354 e. The predicted molar refractivity (Wildman–Crippen MR) is 120 cm³/mol. The Bertz CT molecular complexity index is 1120. The van der Waals surface area contributed by atoms with Crippen LogP contribution in [0, 0.1) is 0 Å². The van der Waals surface area contributed by atoms with Crippen LogP contribution < -0.4 is 10.0 Å². The number of nitrogens with zero attached hydrogens (tertiary/aromatic N) is 2. The summed E-state index contributed by atoms with van der Waals surface area (Å²) in [4.78, 5) is 9.30. The summed E-state index contributed by atoms with van der Waals surface area (Å²) in [6, 6.07) is 16.2. The lowest BCUT2D eigenvalue weighted by Crippen LogP contribution is -2.20. The fourth-order valence-electron chi connectivity index (χ4n) is 3.52. The van der Waals surface area contributed by atoms with Crippen LogP contribution in [0.5, 0.6) is 0 Å². The van der Waals surface area contributed by atoms with Crippen molar-refractivity contribution in [2.45, 2.75) is 37.0 Å². The van der Waals surface area contributed by atoms with Crippen LogP contribution >= 0.6 is 11.6 Å². The van der Waals surface area contributed by atoms with Crippen LogP contribution in [0.4, 0.5) is 11.8 Å². The number of halogens is 1. The molecule has 0 saturated heterocycles. The maximum atomic E-state index is 12.9. The number of sulfonamides is 1. The molecule has 2 aromatic carbocycles. The lowest BCUT2D eigenvalue weighted by atomic mass is 9.96. The van der Waals surface area contributed by atoms with Gasteiger partial charge in [0, 0.05) is 17.1 Å². The van der Waals surface area contributed by atoms with E-state index in [1.165, 1.54) is 17.7 Å². The molecule has 0 fully saturated rings. The average molecular weight is 443 g/mol. The van der Waals surface area contributed by atoms with Crippen molar-refractivity contribution in [1.82, 2.24) is 9.97 Å². The molecule has 1 heterocycles. The van der Waals surface area contributed by atoms with Crippen LogP contribution in [0.2, 0.25) is 5.02 Å². The molecule has 0 spiro atoms. The minimum atomic E-state index is -3.77. The first-order valence-electron chi connectivity index (χ1n) is 9.97. The van der Waals surface area contributed by atoms with Gasteiger partial charge in [0.15, 0.2) is 0 Å². The molecule has 0 unspecified atom stereocenters. The van der Waals surface area contributed by atoms with Gasteiger partial charge in [0.25, 0.3) is 10.0 Å². The van der Waals surface area contributed by atoms with Gasteiger partial charge in [-0.15, -0.1) is 0 Å². The van der Waals surface area contributed by atoms with E-state index in [4.69, 9.17) is 11.6 Å². The van der Waals surface area contributed by atoms with E-state index in [0.717, 1.165) is 43.4 Å². The molecule has 1 aliphatic rings. The van der Waals surface area contributed by atoms with Crippen LogP contribution in [-0.2, 0) is 29.3 Å². The topological polar surface area (TPSA) is 84.0 Å². The van der Waals surface area contributed by atoms with Crippen molar-refractivity contribution in [1.29, 1.82) is 0 Å². The second-order valence-electron chi connectivity index (χ2n) is 7.25. The summed E-state index contributed by atoms with van der Waals surface area (Å²) in [7, 11) is -3.77. The largest absolute Gasteiger partial charge is 0.354 e. The molecular weight excluding hydrogens is 420 g/mol. The summed E-state index contributed by atoms with van der Waals surface area (Å²) < 4.78 is 28.4. The molecule has 0 aliphatic heterocycles. The summed E-state index contributed by atoms with van der Waals surface area (Å²) in [5.41, 5.74) is 3.01. The molecule has 1 aromatic heterocycles. The van der Waals surface area contributed by atoms with Crippen molar-refractivity contribution in [3.05, 3.63) is 76.4 Å². The highest BCUT2D eigenvalue weighted by atomic mass is 35.5. The van der Waals surface area contributed by atoms with Gasteiger partial charge in [-0.05, 0) is 61.9 Å². The molecule has 0 saturated carbocycles. The SMILES string of the molecule is O=S(=O)(Nc1nc(NCCc2ccccc2)nc2c1CCCC2)c1ccc(Cl)cc1. The Balaban J connectivity index is 1.56. The van der Waals surface area contributed by atoms with E-state index in [-0.39, 0.29) is 4.90 Å². The summed E-state index contributed by atoms with van der Waals surface area (Å²) in [6.07, 6.45) is 4.44. The molecule has 6 nitrogen and oxygen atoms in total. The Morgan fingerprint density at radius 1 is 0.933 bits per heavy atom. The van der Waals surface area contributed by atoms with E-state index in [2.05, 4.69) is 32.1 Å². The Morgan fingerprint density at radius 2 is 1.67 bits per heavy atom. The maximum Gasteiger partial charge on any atom is 0.263 e. The zero-order chi connectivity index (χ0) is 21.0. The number of benzene rings is 2. The van der Waals surface area contributed by atoms with Gasteiger partial charge in [-0.1, -0.05) is 41.9 Å². The lowest BCUT2D eigenvalue weighted by Gasteiger charge is -2.20. The summed E-state index contributed by atoms with van der Waals surface area (Å²) in [5, 5.41) is 3.73. The molecular formula is C22H23ClN4O2S. The van der Waals surface area contributed by atoms with Gasteiger partial charge in [0.1, 0.15) is 5.82 Å². The van der Waals surface area contributed by atoms with Gasteiger partial charge >= 0.3 is 0 Å². The fourth-order valence-corrected chi connectivity index (χ4v) is 4.68. The molecule has 0 amide bonds. The second-order valence-corrected chi connectivity index (χ2v) is 9.37. The Labute approximate surface area is 181 Å². The number of aromatic nitrogens is 2. The van der Waals surface area contributed by atoms with Crippen LogP contribution in [0.3, 0.4) is 0 Å². The predicted octanol–water partition coefficient (Wildman–Crippen LogP) is 4.46. The van der Waals surface area contributed by atoms with Crippen LogP contribution in [-0.4, -0.2) is 24.9 Å². The van der Waals surface area contributed by atoms with E-state index >= 15 is 0 Å². The molecule has 1 aliphatic carbocycles. The molecule has 3 aromatic rings. The fraction of sp³-hybridized carbons (Fsp3) is 0.273. The first kappa shape index (κ1) is 20.6. The molecule has 4 rings (SSSR count). The number of fused-ring (bicyclic) bond motifs is 1. The molecule has 2 N–H and O–H groups in total. The Kier molecular flexibility index (Phi) is 6.20. The minimum absolute atomic E-state index is 0.147. The van der Waals surface area contributed by atoms with E-state index < -0.39 is 10.0 Å². The van der Waals surface area contributed by atoms with Crippen LogP contribution in [0.15, 0.2) is 59.5 Å². The van der Waals surface area contributed by atoms with E-state index in [0.29, 0.717) is 23.3 Å². The zero-order valence-electron chi connectivity index (χ0n) is 16.4. The zero-order valence-corrected chi connectivity index (χ0v) is 18.0. The van der Waals surface area contributed by atoms with Gasteiger partial charge < -0.3 is 5.32 Å². The quantitative estimate of drug-likeness (QED) is 0.564. The second kappa shape index (κ2) is 9.02. The third kappa shape index (κ3) is 4.91. The molecule has 30 heavy (non-hydrogen) atoms. The van der Waals surface area contributed by atoms with Crippen molar-refractivity contribution in [3.8, 4) is 0 Å². The average Bonchev–Trinajstić information content (AvgIpc) is 2.75. The van der Waals surface area contributed by atoms with Gasteiger partial charge in [-0.3, -0.25) is 4.72 Å². The Morgan fingerprint density at radius 3 is 2.43 bits per heavy atom. The van der Waals surface area contributed by atoms with Crippen molar-refractivity contribution < 1.29 is 8.42 Å². The van der Waals surface area contributed by atoms with E-state index in [9.17, 15) is 8.42 Å². The highest BCUT2D eigenvalue weighted by Gasteiger charge is 2.22. The van der Waals surface area contributed by atoms with Gasteiger partial charge in [0.2, 0.25) is 5.95 Å². The number of aryl methyl sites for hydroxylation is 1. The monoisotopic (exact) mass is 442 g/mol. The van der Waals surface area contributed by atoms with E-state index in [1.807, 2.05) is 18.2 Å². The van der Waals surface area contributed by atoms with Gasteiger partial charge in [-0.2, -0.15) is 4.98 Å². The van der Waals surface area contributed by atoms with Crippen molar-refractivity contribution in [3.63, 3.8) is 0 Å². The molecule has 156 valence electrons. The summed E-state index contributed by atoms with van der Waals surface area (Å²) >= 11 is 5.89. The highest BCUT2D eigenvalue weighted by Crippen LogP contribution is 2.28. The van der Waals surface area contributed by atoms with Crippen molar-refractivity contribution in [2.75, 3.05) is 16.6 Å². The summed E-state index contributed by atoms with van der Waals surface area (Å²) in [6.45, 7) is 0.659. The van der Waals surface area contributed by atoms with Gasteiger partial charge in [-0.25, -0.2) is 13.4 Å². The van der Waals surface area contributed by atoms with Crippen LogP contribution in [0.25, 0.3) is 0 Å². The van der Waals surface area contributed by atoms with Gasteiger partial charge in [0.05, 0.1) is 10.6 Å². The standard InChI is InChI=1S/C22H23ClN4O2S/c23-17-10-12-18(13-11-17)30(28,29)27-21-19-8-4-5-9-20(19)25-22(26-21)24-15-14-16-6-2-1-3-7-16/h1-3,6-7,10-13H,4-5,8-9,14-15H2,(H2,24,25,26,27). The first-order valence-corrected chi connectivity index (χ1v) is 11.8. The summed E-state index contributed by atoms with van der Waals surface area (Å²) in [5.74, 6) is 0.803. The molecule has 8 heteroatoms. The van der Waals surface area contributed by atoms with E-state index in [1.54, 1.807) is 12.1 Å². The molecule has 0 bridgehead atoms. The smallest absolute Gasteiger partial charge is 0.263 e. The lowest BCUT2D eigenvalue weighted by molar-refractivity contribution is 0.600. The molecule has 0 atom stereocenters. The number of anilines is 2. The third-order valence-electron chi connectivity index (χ3n) is 5.08. The third-order valence-corrected chi connectivity index (χ3v) is 6.68. The number of hydrogen-bond donors (Lipinski definition) is 2.